The number of nitrogens with one attached hydrogen (secondary N) is 1. The van der Waals surface area contributed by atoms with Crippen molar-refractivity contribution >= 4 is 40.3 Å². The van der Waals surface area contributed by atoms with E-state index >= 15 is 0 Å². The van der Waals surface area contributed by atoms with Crippen LogP contribution in [0, 0.1) is 0 Å². The van der Waals surface area contributed by atoms with Crippen LogP contribution in [0.5, 0.6) is 0 Å². The van der Waals surface area contributed by atoms with Crippen LogP contribution in [0.25, 0.3) is 6.08 Å². The number of amides is 2. The van der Waals surface area contributed by atoms with Crippen molar-refractivity contribution < 1.29 is 9.59 Å². The summed E-state index contributed by atoms with van der Waals surface area (Å²) in [5.74, 6) is -0.304. The third kappa shape index (κ3) is 1.81. The zero-order valence-corrected chi connectivity index (χ0v) is 8.08. The molecule has 0 spiro atoms. The number of thioether (sulfide) groups is 1. The average Bonchev–Trinajstić information content (AvgIpc) is 2.63. The van der Waals surface area contributed by atoms with Gasteiger partial charge in [0.1, 0.15) is 0 Å². The molecule has 0 radical (unpaired) electrons. The van der Waals surface area contributed by atoms with Crippen LogP contribution in [0.3, 0.4) is 0 Å². The summed E-state index contributed by atoms with van der Waals surface area (Å²) in [7, 11) is 0. The molecule has 1 aromatic heterocycles. The first-order chi connectivity index (χ1) is 6.25. The van der Waals surface area contributed by atoms with E-state index in [9.17, 15) is 9.59 Å². The van der Waals surface area contributed by atoms with E-state index < -0.39 is 0 Å². The minimum atomic E-state index is -0.304. The summed E-state index contributed by atoms with van der Waals surface area (Å²) in [5.41, 5.74) is 0.956. The Labute approximate surface area is 82.8 Å². The van der Waals surface area contributed by atoms with Crippen molar-refractivity contribution in [1.29, 1.82) is 0 Å². The van der Waals surface area contributed by atoms with Gasteiger partial charge < -0.3 is 0 Å². The monoisotopic (exact) mass is 211 g/mol. The van der Waals surface area contributed by atoms with E-state index in [1.54, 1.807) is 17.4 Å². The van der Waals surface area contributed by atoms with E-state index in [-0.39, 0.29) is 11.1 Å². The molecule has 0 aliphatic carbocycles. The maximum atomic E-state index is 11.1. The first-order valence-corrected chi connectivity index (χ1v) is 5.29. The Morgan fingerprint density at radius 3 is 2.77 bits per heavy atom. The second kappa shape index (κ2) is 3.35. The third-order valence-electron chi connectivity index (χ3n) is 1.48. The van der Waals surface area contributed by atoms with Gasteiger partial charge in [-0.1, -0.05) is 0 Å². The maximum absolute atomic E-state index is 11.1. The summed E-state index contributed by atoms with van der Waals surface area (Å²) < 4.78 is 0. The molecule has 3 nitrogen and oxygen atoms in total. The van der Waals surface area contributed by atoms with Crippen molar-refractivity contribution in [3.63, 3.8) is 0 Å². The molecule has 1 saturated heterocycles. The lowest BCUT2D eigenvalue weighted by Crippen LogP contribution is -2.17. The zero-order chi connectivity index (χ0) is 9.26. The Balaban J connectivity index is 2.27. The molecular formula is C8H5NO2S2. The van der Waals surface area contributed by atoms with Gasteiger partial charge in [0.15, 0.2) is 0 Å². The van der Waals surface area contributed by atoms with Gasteiger partial charge in [-0.15, -0.1) is 0 Å². The molecule has 66 valence electrons. The van der Waals surface area contributed by atoms with E-state index in [2.05, 4.69) is 5.32 Å². The highest BCUT2D eigenvalue weighted by molar-refractivity contribution is 8.18. The van der Waals surface area contributed by atoms with Crippen molar-refractivity contribution in [2.75, 3.05) is 0 Å². The van der Waals surface area contributed by atoms with E-state index in [1.807, 2.05) is 16.8 Å². The van der Waals surface area contributed by atoms with Crippen LogP contribution in [0.2, 0.25) is 0 Å². The van der Waals surface area contributed by atoms with Crippen LogP contribution < -0.4 is 5.32 Å². The predicted molar refractivity (Wildman–Crippen MR) is 53.4 cm³/mol. The summed E-state index contributed by atoms with van der Waals surface area (Å²) in [5, 5.41) is 5.74. The first-order valence-electron chi connectivity index (χ1n) is 3.53. The molecule has 0 unspecified atom stereocenters. The fraction of sp³-hybridized carbons (Fsp3) is 0. The topological polar surface area (TPSA) is 46.2 Å². The number of carbonyl (C=O) groups excluding carboxylic acids is 2. The molecule has 0 saturated carbocycles. The fourth-order valence-corrected chi connectivity index (χ4v) is 2.23. The third-order valence-corrected chi connectivity index (χ3v) is 3.00. The molecule has 0 aromatic carbocycles. The van der Waals surface area contributed by atoms with Crippen molar-refractivity contribution in [3.8, 4) is 0 Å². The lowest BCUT2D eigenvalue weighted by atomic mass is 10.3. The molecule has 2 heterocycles. The number of carbonyl (C=O) groups is 2. The molecule has 0 atom stereocenters. The van der Waals surface area contributed by atoms with Crippen molar-refractivity contribution in [2.24, 2.45) is 0 Å². The van der Waals surface area contributed by atoms with Crippen LogP contribution in [-0.2, 0) is 4.79 Å². The Bertz CT molecular complexity index is 381. The van der Waals surface area contributed by atoms with E-state index in [0.29, 0.717) is 4.91 Å². The second-order valence-corrected chi connectivity index (χ2v) is 4.20. The Morgan fingerprint density at radius 1 is 1.38 bits per heavy atom. The van der Waals surface area contributed by atoms with Gasteiger partial charge in [0, 0.05) is 0 Å². The van der Waals surface area contributed by atoms with Crippen molar-refractivity contribution in [3.05, 3.63) is 27.3 Å². The molecule has 1 aromatic rings. The average molecular weight is 211 g/mol. The summed E-state index contributed by atoms with van der Waals surface area (Å²) in [6, 6.07) is 1.90. The fourth-order valence-electron chi connectivity index (χ4n) is 0.930. The lowest BCUT2D eigenvalue weighted by Gasteiger charge is -1.87. The summed E-state index contributed by atoms with van der Waals surface area (Å²) >= 11 is 2.49. The van der Waals surface area contributed by atoms with Crippen LogP contribution in [0.1, 0.15) is 5.56 Å². The molecule has 2 amide bonds. The van der Waals surface area contributed by atoms with Gasteiger partial charge in [-0.3, -0.25) is 14.9 Å². The maximum Gasteiger partial charge on any atom is 0.290 e. The highest BCUT2D eigenvalue weighted by Gasteiger charge is 2.24. The van der Waals surface area contributed by atoms with Gasteiger partial charge in [0.05, 0.1) is 4.91 Å². The first kappa shape index (κ1) is 8.52. The Kier molecular flexibility index (Phi) is 2.20. The number of thiophene rings is 1. The molecule has 0 bridgehead atoms. The molecule has 5 heteroatoms. The van der Waals surface area contributed by atoms with Gasteiger partial charge in [-0.25, -0.2) is 0 Å². The number of rotatable bonds is 1. The SMILES string of the molecule is O=C1NC(=O)/C(=C/c2ccsc2)S1. The highest BCUT2D eigenvalue weighted by atomic mass is 32.2. The van der Waals surface area contributed by atoms with Crippen LogP contribution in [-0.4, -0.2) is 11.1 Å². The van der Waals surface area contributed by atoms with E-state index in [0.717, 1.165) is 17.3 Å². The van der Waals surface area contributed by atoms with E-state index in [4.69, 9.17) is 0 Å². The van der Waals surface area contributed by atoms with Crippen LogP contribution in [0.4, 0.5) is 4.79 Å². The minimum Gasteiger partial charge on any atom is -0.282 e. The summed E-state index contributed by atoms with van der Waals surface area (Å²) in [4.78, 5) is 22.3. The Hall–Kier alpha value is -1.07. The molecule has 1 aliphatic rings. The smallest absolute Gasteiger partial charge is 0.282 e. The van der Waals surface area contributed by atoms with Crippen LogP contribution in [0.15, 0.2) is 21.7 Å². The van der Waals surface area contributed by atoms with Gasteiger partial charge >= 0.3 is 0 Å². The van der Waals surface area contributed by atoms with Crippen molar-refractivity contribution in [1.82, 2.24) is 5.32 Å². The predicted octanol–water partition coefficient (Wildman–Crippen LogP) is 2.07. The van der Waals surface area contributed by atoms with Gasteiger partial charge in [0.2, 0.25) is 0 Å². The van der Waals surface area contributed by atoms with Gasteiger partial charge in [-0.2, -0.15) is 11.3 Å². The lowest BCUT2D eigenvalue weighted by molar-refractivity contribution is -0.115. The standard InChI is InChI=1S/C8H5NO2S2/c10-7-6(13-8(11)9-7)3-5-1-2-12-4-5/h1-4H,(H,9,10,11)/b6-3-. The molecular weight excluding hydrogens is 206 g/mol. The summed E-state index contributed by atoms with van der Waals surface area (Å²) in [6.45, 7) is 0. The Morgan fingerprint density at radius 2 is 2.23 bits per heavy atom. The molecule has 13 heavy (non-hydrogen) atoms. The molecule has 2 rings (SSSR count). The zero-order valence-electron chi connectivity index (χ0n) is 6.44. The minimum absolute atomic E-state index is 0.300. The highest BCUT2D eigenvalue weighted by Crippen LogP contribution is 2.25. The summed E-state index contributed by atoms with van der Waals surface area (Å²) in [6.07, 6.45) is 1.71. The van der Waals surface area contributed by atoms with Gasteiger partial charge in [-0.05, 0) is 40.2 Å². The largest absolute Gasteiger partial charge is 0.290 e. The molecule has 1 aliphatic heterocycles. The second-order valence-electron chi connectivity index (χ2n) is 2.41. The number of hydrogen-bond acceptors (Lipinski definition) is 4. The normalized spacial score (nSPS) is 19.5. The van der Waals surface area contributed by atoms with Gasteiger partial charge in [0.25, 0.3) is 11.1 Å². The van der Waals surface area contributed by atoms with Crippen molar-refractivity contribution in [2.45, 2.75) is 0 Å². The number of hydrogen-bond donors (Lipinski definition) is 1. The van der Waals surface area contributed by atoms with E-state index in [1.165, 1.54) is 0 Å². The molecule has 1 N–H and O–H groups in total. The quantitative estimate of drug-likeness (QED) is 0.723. The van der Waals surface area contributed by atoms with Crippen LogP contribution >= 0.6 is 23.1 Å². The number of imide groups is 1. The molecule has 1 fully saturated rings.